The Labute approximate surface area is 185 Å². The monoisotopic (exact) mass is 451 g/mol. The zero-order valence-corrected chi connectivity index (χ0v) is 18.5. The number of halogens is 2. The summed E-state index contributed by atoms with van der Waals surface area (Å²) in [4.78, 5) is 22.6. The van der Waals surface area contributed by atoms with Crippen LogP contribution in [0, 0.1) is 0 Å². The molecule has 0 aliphatic heterocycles. The van der Waals surface area contributed by atoms with Gasteiger partial charge in [0, 0.05) is 40.4 Å². The highest BCUT2D eigenvalue weighted by Crippen LogP contribution is 2.22. The predicted molar refractivity (Wildman–Crippen MR) is 118 cm³/mol. The second-order valence-corrected chi connectivity index (χ2v) is 6.77. The van der Waals surface area contributed by atoms with Gasteiger partial charge in [-0.1, -0.05) is 57.8 Å². The van der Waals surface area contributed by atoms with Gasteiger partial charge in [0.05, 0.1) is 6.61 Å². The minimum Gasteiger partial charge on any atom is -0.398 e. The van der Waals surface area contributed by atoms with Gasteiger partial charge in [-0.25, -0.2) is 0 Å². The highest BCUT2D eigenvalue weighted by Gasteiger charge is 2.20. The number of benzene rings is 2. The summed E-state index contributed by atoms with van der Waals surface area (Å²) in [6.07, 6.45) is 0. The molecular weight excluding hydrogens is 429 g/mol. The van der Waals surface area contributed by atoms with Gasteiger partial charge in [0.15, 0.2) is 5.71 Å². The Hall–Kier alpha value is -2.61. The molecule has 2 rings (SSSR count). The first-order valence-electron chi connectivity index (χ1n) is 9.15. The fourth-order valence-electron chi connectivity index (χ4n) is 2.53. The van der Waals surface area contributed by atoms with E-state index in [1.807, 2.05) is 19.1 Å². The summed E-state index contributed by atoms with van der Waals surface area (Å²) in [7, 11) is 2.87. The van der Waals surface area contributed by atoms with Crippen molar-refractivity contribution in [2.45, 2.75) is 13.5 Å². The van der Waals surface area contributed by atoms with Crippen LogP contribution in [0.2, 0.25) is 10.0 Å². The smallest absolute Gasteiger partial charge is 0.273 e. The molecule has 0 aromatic heterocycles. The number of oxime groups is 2. The van der Waals surface area contributed by atoms with E-state index in [0.29, 0.717) is 33.5 Å². The van der Waals surface area contributed by atoms with E-state index in [0.717, 1.165) is 5.56 Å². The van der Waals surface area contributed by atoms with Crippen molar-refractivity contribution in [1.29, 1.82) is 0 Å². The summed E-state index contributed by atoms with van der Waals surface area (Å²) >= 11 is 12.3. The Morgan fingerprint density at radius 2 is 1.83 bits per heavy atom. The Morgan fingerprint density at radius 1 is 1.10 bits per heavy atom. The predicted octanol–water partition coefficient (Wildman–Crippen LogP) is 4.05. The zero-order valence-electron chi connectivity index (χ0n) is 16.9. The van der Waals surface area contributed by atoms with Gasteiger partial charge < -0.3 is 19.7 Å². The Balaban J connectivity index is 2.31. The van der Waals surface area contributed by atoms with Crippen LogP contribution in [0.1, 0.15) is 23.6 Å². The van der Waals surface area contributed by atoms with Gasteiger partial charge in [-0.3, -0.25) is 4.79 Å². The number of nitrogens with zero attached hydrogens (tertiary/aromatic N) is 2. The largest absolute Gasteiger partial charge is 0.398 e. The number of rotatable bonds is 10. The molecule has 0 bridgehead atoms. The van der Waals surface area contributed by atoms with Crippen molar-refractivity contribution in [2.24, 2.45) is 10.3 Å². The minimum absolute atomic E-state index is 0.0119. The van der Waals surface area contributed by atoms with Gasteiger partial charge in [-0.05, 0) is 25.1 Å². The molecule has 1 amide bonds. The van der Waals surface area contributed by atoms with E-state index in [2.05, 4.69) is 15.6 Å². The van der Waals surface area contributed by atoms with Crippen LogP contribution < -0.4 is 5.32 Å². The first-order chi connectivity index (χ1) is 14.5. The summed E-state index contributed by atoms with van der Waals surface area (Å²) < 4.78 is 5.49. The van der Waals surface area contributed by atoms with Crippen LogP contribution in [0.25, 0.3) is 0 Å². The molecule has 9 heteroatoms. The van der Waals surface area contributed by atoms with Gasteiger partial charge in [-0.15, -0.1) is 0 Å². The number of hydrogen-bond acceptors (Lipinski definition) is 6. The molecular formula is C21H23Cl2N3O4. The van der Waals surface area contributed by atoms with E-state index in [1.54, 1.807) is 30.3 Å². The molecule has 0 fully saturated rings. The van der Waals surface area contributed by atoms with E-state index >= 15 is 0 Å². The maximum absolute atomic E-state index is 12.2. The van der Waals surface area contributed by atoms with E-state index < -0.39 is 5.91 Å². The summed E-state index contributed by atoms with van der Waals surface area (Å²) in [5.74, 6) is -0.415. The number of nitrogens with one attached hydrogen (secondary N) is 1. The van der Waals surface area contributed by atoms with Crippen molar-refractivity contribution < 1.29 is 19.2 Å². The Bertz CT molecular complexity index is 915. The van der Waals surface area contributed by atoms with Crippen molar-refractivity contribution in [3.8, 4) is 0 Å². The van der Waals surface area contributed by atoms with Crippen LogP contribution >= 0.6 is 23.2 Å². The lowest BCUT2D eigenvalue weighted by molar-refractivity contribution is -0.114. The topological polar surface area (TPSA) is 81.5 Å². The van der Waals surface area contributed by atoms with E-state index in [4.69, 9.17) is 37.6 Å². The molecule has 0 saturated carbocycles. The van der Waals surface area contributed by atoms with E-state index in [1.165, 1.54) is 14.2 Å². The molecule has 0 radical (unpaired) electrons. The SMILES string of the molecule is CCOC/C(=N\OCc1c(Cl)cccc1/C(=N\OC)C(=O)NC)c1ccc(Cl)cc1. The maximum Gasteiger partial charge on any atom is 0.273 e. The minimum atomic E-state index is -0.415. The molecule has 0 saturated heterocycles. The Kier molecular flexibility index (Phi) is 9.60. The van der Waals surface area contributed by atoms with Crippen molar-refractivity contribution in [1.82, 2.24) is 5.32 Å². The van der Waals surface area contributed by atoms with Gasteiger partial charge >= 0.3 is 0 Å². The highest BCUT2D eigenvalue weighted by atomic mass is 35.5. The quantitative estimate of drug-likeness (QED) is 0.436. The fourth-order valence-corrected chi connectivity index (χ4v) is 2.88. The van der Waals surface area contributed by atoms with Crippen molar-refractivity contribution in [3.05, 3.63) is 69.2 Å². The highest BCUT2D eigenvalue weighted by molar-refractivity contribution is 6.46. The number of amides is 1. The Morgan fingerprint density at radius 3 is 2.47 bits per heavy atom. The zero-order chi connectivity index (χ0) is 21.9. The summed E-state index contributed by atoms with van der Waals surface area (Å²) in [5, 5.41) is 11.6. The van der Waals surface area contributed by atoms with Crippen LogP contribution in [0.15, 0.2) is 52.8 Å². The maximum atomic E-state index is 12.2. The van der Waals surface area contributed by atoms with Gasteiger partial charge in [-0.2, -0.15) is 0 Å². The van der Waals surface area contributed by atoms with Gasteiger partial charge in [0.25, 0.3) is 5.91 Å². The van der Waals surface area contributed by atoms with Crippen molar-refractivity contribution >= 4 is 40.5 Å². The molecule has 0 heterocycles. The third-order valence-corrected chi connectivity index (χ3v) is 4.61. The molecule has 160 valence electrons. The first kappa shape index (κ1) is 23.7. The van der Waals surface area contributed by atoms with Gasteiger partial charge in [0.2, 0.25) is 0 Å². The van der Waals surface area contributed by atoms with Crippen molar-refractivity contribution in [2.75, 3.05) is 27.4 Å². The molecule has 7 nitrogen and oxygen atoms in total. The van der Waals surface area contributed by atoms with Crippen LogP contribution in [0.4, 0.5) is 0 Å². The second kappa shape index (κ2) is 12.2. The molecule has 0 atom stereocenters. The second-order valence-electron chi connectivity index (χ2n) is 5.92. The van der Waals surface area contributed by atoms with Crippen LogP contribution in [0.5, 0.6) is 0 Å². The summed E-state index contributed by atoms with van der Waals surface area (Å²) in [6.45, 7) is 2.70. The van der Waals surface area contributed by atoms with E-state index in [-0.39, 0.29) is 18.9 Å². The van der Waals surface area contributed by atoms with Gasteiger partial charge in [0.1, 0.15) is 19.4 Å². The number of ether oxygens (including phenoxy) is 1. The third kappa shape index (κ3) is 6.45. The lowest BCUT2D eigenvalue weighted by Gasteiger charge is -2.12. The number of hydrogen-bond donors (Lipinski definition) is 1. The van der Waals surface area contributed by atoms with Crippen LogP contribution in [-0.2, 0) is 25.8 Å². The molecule has 0 aliphatic rings. The fraction of sp³-hybridized carbons (Fsp3) is 0.286. The third-order valence-electron chi connectivity index (χ3n) is 4.00. The first-order valence-corrected chi connectivity index (χ1v) is 9.90. The molecule has 1 N–H and O–H groups in total. The number of carbonyl (C=O) groups excluding carboxylic acids is 1. The number of carbonyl (C=O) groups is 1. The lowest BCUT2D eigenvalue weighted by Crippen LogP contribution is -2.29. The van der Waals surface area contributed by atoms with Crippen LogP contribution in [-0.4, -0.2) is 44.7 Å². The molecule has 0 spiro atoms. The normalized spacial score (nSPS) is 11.9. The average molecular weight is 452 g/mol. The molecule has 30 heavy (non-hydrogen) atoms. The number of likely N-dealkylation sites (N-methyl/N-ethyl adjacent to an activating group) is 1. The summed E-state index contributed by atoms with van der Waals surface area (Å²) in [5.41, 5.74) is 2.53. The van der Waals surface area contributed by atoms with E-state index in [9.17, 15) is 4.79 Å². The average Bonchev–Trinajstić information content (AvgIpc) is 2.75. The lowest BCUT2D eigenvalue weighted by atomic mass is 10.0. The van der Waals surface area contributed by atoms with Crippen molar-refractivity contribution in [3.63, 3.8) is 0 Å². The standard InChI is InChI=1S/C21H23Cl2N3O4/c1-4-29-13-19(14-8-10-15(22)11-9-14)25-30-12-17-16(6-5-7-18(17)23)20(26-28-3)21(27)24-2/h5-11H,4,12-13H2,1-3H3,(H,24,27)/b25-19+,26-20+. The van der Waals surface area contributed by atoms with Crippen LogP contribution in [0.3, 0.4) is 0 Å². The molecule has 0 aliphatic carbocycles. The molecule has 2 aromatic rings. The molecule has 2 aromatic carbocycles. The molecule has 0 unspecified atom stereocenters. The summed E-state index contributed by atoms with van der Waals surface area (Å²) in [6, 6.07) is 12.3.